The number of aliphatic imine (C=N–C) groups is 1. The molecule has 0 radical (unpaired) electrons. The molecule has 3 rings (SSSR count). The molecule has 174 valence electrons. The fourth-order valence-corrected chi connectivity index (χ4v) is 3.82. The molecule has 0 aliphatic carbocycles. The third-order valence-electron chi connectivity index (χ3n) is 5.46. The number of anilines is 1. The van der Waals surface area contributed by atoms with Gasteiger partial charge in [-0.05, 0) is 42.7 Å². The number of methoxy groups -OCH3 is 1. The lowest BCUT2D eigenvalue weighted by Gasteiger charge is -2.22. The molecule has 8 heteroatoms. The van der Waals surface area contributed by atoms with Crippen molar-refractivity contribution in [2.24, 2.45) is 4.99 Å². The number of ether oxygens (including phenoxy) is 1. The number of carbonyl (C=O) groups is 1. The van der Waals surface area contributed by atoms with Crippen molar-refractivity contribution < 1.29 is 9.53 Å². The molecule has 7 nitrogen and oxygen atoms in total. The van der Waals surface area contributed by atoms with E-state index in [0.29, 0.717) is 11.6 Å². The van der Waals surface area contributed by atoms with E-state index in [2.05, 4.69) is 26.6 Å². The Labute approximate surface area is 208 Å². The van der Waals surface area contributed by atoms with Gasteiger partial charge in [-0.25, -0.2) is 0 Å². The van der Waals surface area contributed by atoms with Gasteiger partial charge in [-0.2, -0.15) is 0 Å². The molecule has 1 atom stereocenters. The summed E-state index contributed by atoms with van der Waals surface area (Å²) in [6.45, 7) is 2.61. The minimum atomic E-state index is 0. The van der Waals surface area contributed by atoms with Crippen LogP contribution in [0, 0.1) is 0 Å². The summed E-state index contributed by atoms with van der Waals surface area (Å²) >= 11 is 0. The summed E-state index contributed by atoms with van der Waals surface area (Å²) in [4.78, 5) is 20.5. The summed E-state index contributed by atoms with van der Waals surface area (Å²) in [7, 11) is 7.04. The van der Waals surface area contributed by atoms with Crippen molar-refractivity contribution in [2.75, 3.05) is 52.8 Å². The first-order valence-electron chi connectivity index (χ1n) is 10.7. The quantitative estimate of drug-likeness (QED) is 0.315. The topological polar surface area (TPSA) is 69.2 Å². The van der Waals surface area contributed by atoms with Crippen molar-refractivity contribution >= 4 is 41.5 Å². The summed E-state index contributed by atoms with van der Waals surface area (Å²) in [6.07, 6.45) is 1.85. The fourth-order valence-electron chi connectivity index (χ4n) is 3.82. The second-order valence-electron chi connectivity index (χ2n) is 7.90. The molecule has 1 heterocycles. The van der Waals surface area contributed by atoms with E-state index in [0.717, 1.165) is 55.4 Å². The van der Waals surface area contributed by atoms with Crippen molar-refractivity contribution in [3.8, 4) is 5.75 Å². The number of guanidine groups is 1. The van der Waals surface area contributed by atoms with Gasteiger partial charge < -0.3 is 25.2 Å². The maximum atomic E-state index is 12.2. The number of nitrogens with one attached hydrogen (secondary N) is 2. The first-order chi connectivity index (χ1) is 15.0. The van der Waals surface area contributed by atoms with E-state index in [1.54, 1.807) is 33.2 Å². The van der Waals surface area contributed by atoms with Crippen molar-refractivity contribution in [2.45, 2.75) is 18.9 Å². The average Bonchev–Trinajstić information content (AvgIpc) is 3.26. The van der Waals surface area contributed by atoms with E-state index in [-0.39, 0.29) is 29.9 Å². The number of rotatable bonds is 7. The molecule has 0 spiro atoms. The number of nitrogens with zero attached hydrogens (tertiary/aromatic N) is 3. The van der Waals surface area contributed by atoms with E-state index in [1.807, 2.05) is 42.5 Å². The lowest BCUT2D eigenvalue weighted by molar-refractivity contribution is 0.0827. The minimum Gasteiger partial charge on any atom is -0.495 e. The zero-order valence-electron chi connectivity index (χ0n) is 19.3. The number of hydrogen-bond acceptors (Lipinski definition) is 4. The number of para-hydroxylation sites is 2. The molecular weight excluding hydrogens is 517 g/mol. The molecule has 1 fully saturated rings. The van der Waals surface area contributed by atoms with E-state index in [1.165, 1.54) is 0 Å². The number of hydrogen-bond donors (Lipinski definition) is 2. The van der Waals surface area contributed by atoms with E-state index >= 15 is 0 Å². The molecule has 1 aliphatic heterocycles. The molecule has 2 aromatic rings. The van der Waals surface area contributed by atoms with Crippen LogP contribution in [0.4, 0.5) is 5.69 Å². The van der Waals surface area contributed by atoms with Crippen molar-refractivity contribution in [3.05, 3.63) is 59.7 Å². The molecule has 2 N–H and O–H groups in total. The van der Waals surface area contributed by atoms with Gasteiger partial charge in [0.1, 0.15) is 5.75 Å². The van der Waals surface area contributed by atoms with Gasteiger partial charge in [0, 0.05) is 52.4 Å². The average molecular weight is 551 g/mol. The molecule has 1 saturated heterocycles. The van der Waals surface area contributed by atoms with Crippen molar-refractivity contribution in [1.29, 1.82) is 0 Å². The Balaban J connectivity index is 0.00000363. The molecule has 0 saturated carbocycles. The van der Waals surface area contributed by atoms with Crippen LogP contribution >= 0.6 is 24.0 Å². The highest BCUT2D eigenvalue weighted by molar-refractivity contribution is 14.0. The lowest BCUT2D eigenvalue weighted by Crippen LogP contribution is -2.45. The summed E-state index contributed by atoms with van der Waals surface area (Å²) in [5.41, 5.74) is 2.97. The Morgan fingerprint density at radius 3 is 2.72 bits per heavy atom. The van der Waals surface area contributed by atoms with Gasteiger partial charge in [-0.3, -0.25) is 9.79 Å². The fraction of sp³-hybridized carbons (Fsp3) is 0.417. The van der Waals surface area contributed by atoms with Gasteiger partial charge in [-0.15, -0.1) is 24.0 Å². The number of amides is 1. The lowest BCUT2D eigenvalue weighted by atomic mass is 10.1. The smallest absolute Gasteiger partial charge is 0.253 e. The maximum absolute atomic E-state index is 12.2. The van der Waals surface area contributed by atoms with Crippen molar-refractivity contribution in [1.82, 2.24) is 15.5 Å². The van der Waals surface area contributed by atoms with Crippen LogP contribution in [0.15, 0.2) is 53.5 Å². The molecule has 0 aromatic heterocycles. The van der Waals surface area contributed by atoms with Crippen LogP contribution in [0.5, 0.6) is 5.75 Å². The van der Waals surface area contributed by atoms with Crippen LogP contribution in [-0.4, -0.2) is 70.7 Å². The van der Waals surface area contributed by atoms with Crippen LogP contribution in [0.2, 0.25) is 0 Å². The number of halogens is 1. The van der Waals surface area contributed by atoms with Crippen molar-refractivity contribution in [3.63, 3.8) is 0 Å². The van der Waals surface area contributed by atoms with Gasteiger partial charge in [-0.1, -0.05) is 24.3 Å². The van der Waals surface area contributed by atoms with Crippen LogP contribution in [0.1, 0.15) is 22.3 Å². The zero-order valence-corrected chi connectivity index (χ0v) is 21.6. The van der Waals surface area contributed by atoms with Crippen LogP contribution in [-0.2, 0) is 6.42 Å². The monoisotopic (exact) mass is 551 g/mol. The molecule has 1 unspecified atom stereocenters. The number of benzene rings is 2. The van der Waals surface area contributed by atoms with Gasteiger partial charge in [0.15, 0.2) is 5.96 Å². The molecule has 0 bridgehead atoms. The Hall–Kier alpha value is -2.49. The summed E-state index contributed by atoms with van der Waals surface area (Å²) in [5, 5.41) is 6.92. The van der Waals surface area contributed by atoms with E-state index in [9.17, 15) is 4.79 Å². The molecular formula is C24H34IN5O2. The van der Waals surface area contributed by atoms with Crippen LogP contribution < -0.4 is 20.3 Å². The largest absolute Gasteiger partial charge is 0.495 e. The maximum Gasteiger partial charge on any atom is 0.253 e. The minimum absolute atomic E-state index is 0. The SMILES string of the molecule is CN=C(NCCc1cccc(C(=O)N(C)C)c1)NC1CCN(c2ccccc2OC)C1.I. The summed E-state index contributed by atoms with van der Waals surface area (Å²) in [5.74, 6) is 1.72. The van der Waals surface area contributed by atoms with E-state index in [4.69, 9.17) is 4.74 Å². The Morgan fingerprint density at radius 1 is 1.22 bits per heavy atom. The van der Waals surface area contributed by atoms with Gasteiger partial charge in [0.25, 0.3) is 5.91 Å². The Kier molecular flexibility index (Phi) is 10.1. The van der Waals surface area contributed by atoms with Gasteiger partial charge in [0.2, 0.25) is 0 Å². The first kappa shape index (κ1) is 25.8. The van der Waals surface area contributed by atoms with E-state index < -0.39 is 0 Å². The third-order valence-corrected chi connectivity index (χ3v) is 5.46. The molecule has 2 aromatic carbocycles. The van der Waals surface area contributed by atoms with Gasteiger partial charge in [0.05, 0.1) is 12.8 Å². The second kappa shape index (κ2) is 12.5. The Bertz CT molecular complexity index is 919. The summed E-state index contributed by atoms with van der Waals surface area (Å²) < 4.78 is 5.50. The van der Waals surface area contributed by atoms with Crippen LogP contribution in [0.25, 0.3) is 0 Å². The molecule has 32 heavy (non-hydrogen) atoms. The van der Waals surface area contributed by atoms with Crippen LogP contribution in [0.3, 0.4) is 0 Å². The first-order valence-corrected chi connectivity index (χ1v) is 10.7. The predicted octanol–water partition coefficient (Wildman–Crippen LogP) is 3.00. The highest BCUT2D eigenvalue weighted by Crippen LogP contribution is 2.30. The standard InChI is InChI=1S/C24H33N5O2.HI/c1-25-24(26-14-12-18-8-7-9-19(16-18)23(30)28(2)3)27-20-13-15-29(17-20)21-10-5-6-11-22(21)31-4;/h5-11,16,20H,12-15,17H2,1-4H3,(H2,25,26,27);1H. The van der Waals surface area contributed by atoms with Gasteiger partial charge >= 0.3 is 0 Å². The molecule has 1 aliphatic rings. The normalized spacial score (nSPS) is 15.7. The highest BCUT2D eigenvalue weighted by Gasteiger charge is 2.25. The zero-order chi connectivity index (χ0) is 22.2. The third kappa shape index (κ3) is 6.75. The summed E-state index contributed by atoms with van der Waals surface area (Å²) in [6, 6.07) is 16.2. The predicted molar refractivity (Wildman–Crippen MR) is 142 cm³/mol. The highest BCUT2D eigenvalue weighted by atomic mass is 127. The number of carbonyl (C=O) groups excluding carboxylic acids is 1. The second-order valence-corrected chi connectivity index (χ2v) is 7.90. The molecule has 1 amide bonds. The Morgan fingerprint density at radius 2 is 2.00 bits per heavy atom.